The molecule has 0 heterocycles. The molecular weight excluding hydrogens is 364 g/mol. The summed E-state index contributed by atoms with van der Waals surface area (Å²) in [5.74, 6) is -1.05. The van der Waals surface area contributed by atoms with Crippen LogP contribution in [0, 0.1) is 0 Å². The van der Waals surface area contributed by atoms with Gasteiger partial charge in [0.15, 0.2) is 6.61 Å². The Kier molecular flexibility index (Phi) is 5.87. The van der Waals surface area contributed by atoms with Gasteiger partial charge in [-0.05, 0) is 36.4 Å². The smallest absolute Gasteiger partial charge is 0.341 e. The Morgan fingerprint density at radius 1 is 1.17 bits per heavy atom. The second kappa shape index (κ2) is 8.09. The summed E-state index contributed by atoms with van der Waals surface area (Å²) >= 11 is 3.29. The molecule has 118 valence electrons. The summed E-state index contributed by atoms with van der Waals surface area (Å²) in [7, 11) is 0. The minimum atomic E-state index is -1.07. The van der Waals surface area contributed by atoms with Gasteiger partial charge in [0.2, 0.25) is 0 Å². The zero-order valence-electron chi connectivity index (χ0n) is 11.9. The molecule has 0 saturated heterocycles. The molecule has 0 aliphatic rings. The number of carbonyl (C=O) groups excluding carboxylic acids is 1. The van der Waals surface area contributed by atoms with Crippen LogP contribution in [0.5, 0.6) is 5.75 Å². The van der Waals surface area contributed by atoms with Crippen LogP contribution in [-0.2, 0) is 4.79 Å². The lowest BCUT2D eigenvalue weighted by Crippen LogP contribution is -2.17. The quantitative estimate of drug-likeness (QED) is 0.599. The molecule has 7 heteroatoms. The van der Waals surface area contributed by atoms with E-state index >= 15 is 0 Å². The van der Waals surface area contributed by atoms with E-state index in [0.717, 1.165) is 4.47 Å². The number of carboxylic acid groups (broad SMARTS) is 1. The monoisotopic (exact) mass is 376 g/mol. The van der Waals surface area contributed by atoms with E-state index in [9.17, 15) is 9.59 Å². The highest BCUT2D eigenvalue weighted by atomic mass is 79.9. The highest BCUT2D eigenvalue weighted by Gasteiger charge is 2.05. The van der Waals surface area contributed by atoms with Crippen molar-refractivity contribution in [3.05, 3.63) is 64.1 Å². The minimum absolute atomic E-state index is 0.349. The first-order chi connectivity index (χ1) is 11.1. The standard InChI is InChI=1S/C16H13BrN2O4/c17-13-7-5-11(6-8-13)16(22)19-18-9-12-3-1-2-4-14(12)23-10-15(20)21/h1-9H,10H2,(H,19,22)(H,20,21)/b18-9+. The molecule has 2 aromatic carbocycles. The Morgan fingerprint density at radius 2 is 1.87 bits per heavy atom. The average Bonchev–Trinajstić information content (AvgIpc) is 2.54. The number of carbonyl (C=O) groups is 2. The van der Waals surface area contributed by atoms with E-state index in [1.807, 2.05) is 0 Å². The Hall–Kier alpha value is -2.67. The van der Waals surface area contributed by atoms with Gasteiger partial charge in [0.05, 0.1) is 6.21 Å². The van der Waals surface area contributed by atoms with Gasteiger partial charge in [0.25, 0.3) is 5.91 Å². The number of nitrogens with one attached hydrogen (secondary N) is 1. The topological polar surface area (TPSA) is 88.0 Å². The first-order valence-corrected chi connectivity index (χ1v) is 7.38. The number of hydrogen-bond acceptors (Lipinski definition) is 4. The van der Waals surface area contributed by atoms with Crippen molar-refractivity contribution in [3.63, 3.8) is 0 Å². The van der Waals surface area contributed by atoms with Gasteiger partial charge in [-0.25, -0.2) is 10.2 Å². The fourth-order valence-electron chi connectivity index (χ4n) is 1.68. The summed E-state index contributed by atoms with van der Waals surface area (Å²) in [5, 5.41) is 12.5. The lowest BCUT2D eigenvalue weighted by molar-refractivity contribution is -0.139. The first-order valence-electron chi connectivity index (χ1n) is 6.59. The number of amides is 1. The number of halogens is 1. The van der Waals surface area contributed by atoms with Gasteiger partial charge in [-0.1, -0.05) is 28.1 Å². The Balaban J connectivity index is 2.01. The zero-order valence-corrected chi connectivity index (χ0v) is 13.5. The SMILES string of the molecule is O=C(O)COc1ccccc1/C=N/NC(=O)c1ccc(Br)cc1. The van der Waals surface area contributed by atoms with Crippen molar-refractivity contribution in [1.29, 1.82) is 0 Å². The van der Waals surface area contributed by atoms with Gasteiger partial charge < -0.3 is 9.84 Å². The number of para-hydroxylation sites is 1. The van der Waals surface area contributed by atoms with Crippen LogP contribution in [0.2, 0.25) is 0 Å². The normalized spacial score (nSPS) is 10.5. The van der Waals surface area contributed by atoms with E-state index in [-0.39, 0.29) is 5.91 Å². The van der Waals surface area contributed by atoms with Crippen LogP contribution < -0.4 is 10.2 Å². The van der Waals surface area contributed by atoms with Crippen LogP contribution in [-0.4, -0.2) is 29.8 Å². The molecule has 0 saturated carbocycles. The maximum atomic E-state index is 11.9. The van der Waals surface area contributed by atoms with E-state index in [1.54, 1.807) is 48.5 Å². The highest BCUT2D eigenvalue weighted by molar-refractivity contribution is 9.10. The summed E-state index contributed by atoms with van der Waals surface area (Å²) < 4.78 is 6.02. The third kappa shape index (κ3) is 5.23. The molecule has 2 N–H and O–H groups in total. The van der Waals surface area contributed by atoms with Crippen molar-refractivity contribution >= 4 is 34.0 Å². The molecule has 0 bridgehead atoms. The highest BCUT2D eigenvalue weighted by Crippen LogP contribution is 2.15. The Labute approximate surface area is 140 Å². The van der Waals surface area contributed by atoms with Gasteiger partial charge in [-0.3, -0.25) is 4.79 Å². The van der Waals surface area contributed by atoms with Crippen LogP contribution in [0.3, 0.4) is 0 Å². The largest absolute Gasteiger partial charge is 0.481 e. The van der Waals surface area contributed by atoms with Crippen LogP contribution >= 0.6 is 15.9 Å². The van der Waals surface area contributed by atoms with E-state index < -0.39 is 12.6 Å². The summed E-state index contributed by atoms with van der Waals surface area (Å²) in [6, 6.07) is 13.6. The predicted octanol–water partition coefficient (Wildman–Crippen LogP) is 2.68. The van der Waals surface area contributed by atoms with Gasteiger partial charge >= 0.3 is 5.97 Å². The van der Waals surface area contributed by atoms with Gasteiger partial charge in [0, 0.05) is 15.6 Å². The third-order valence-corrected chi connectivity index (χ3v) is 3.27. The van der Waals surface area contributed by atoms with E-state index in [4.69, 9.17) is 9.84 Å². The van der Waals surface area contributed by atoms with Gasteiger partial charge in [-0.2, -0.15) is 5.10 Å². The Bertz CT molecular complexity index is 729. The summed E-state index contributed by atoms with van der Waals surface area (Å²) in [4.78, 5) is 22.4. The molecule has 0 fully saturated rings. The van der Waals surface area contributed by atoms with Crippen molar-refractivity contribution in [3.8, 4) is 5.75 Å². The van der Waals surface area contributed by atoms with Crippen LogP contribution in [0.25, 0.3) is 0 Å². The summed E-state index contributed by atoms with van der Waals surface area (Å²) in [6.07, 6.45) is 1.40. The molecule has 0 aromatic heterocycles. The maximum absolute atomic E-state index is 11.9. The predicted molar refractivity (Wildman–Crippen MR) is 88.8 cm³/mol. The van der Waals surface area contributed by atoms with Crippen molar-refractivity contribution in [1.82, 2.24) is 5.43 Å². The van der Waals surface area contributed by atoms with Crippen molar-refractivity contribution < 1.29 is 19.4 Å². The molecule has 2 aromatic rings. The summed E-state index contributed by atoms with van der Waals surface area (Å²) in [5.41, 5.74) is 3.44. The molecule has 0 atom stereocenters. The minimum Gasteiger partial charge on any atom is -0.481 e. The maximum Gasteiger partial charge on any atom is 0.341 e. The second-order valence-electron chi connectivity index (χ2n) is 4.43. The fourth-order valence-corrected chi connectivity index (χ4v) is 1.95. The summed E-state index contributed by atoms with van der Waals surface area (Å²) in [6.45, 7) is -0.448. The molecule has 0 unspecified atom stereocenters. The molecule has 0 spiro atoms. The molecule has 0 aliphatic heterocycles. The van der Waals surface area contributed by atoms with Crippen LogP contribution in [0.15, 0.2) is 58.1 Å². The molecule has 2 rings (SSSR count). The number of ether oxygens (including phenoxy) is 1. The van der Waals surface area contributed by atoms with Crippen molar-refractivity contribution in [2.24, 2.45) is 5.10 Å². The number of benzene rings is 2. The van der Waals surface area contributed by atoms with Crippen molar-refractivity contribution in [2.45, 2.75) is 0 Å². The number of aliphatic carboxylic acids is 1. The fraction of sp³-hybridized carbons (Fsp3) is 0.0625. The number of hydrazone groups is 1. The van der Waals surface area contributed by atoms with E-state index in [0.29, 0.717) is 16.9 Å². The molecule has 0 aliphatic carbocycles. The molecule has 0 radical (unpaired) electrons. The number of rotatable bonds is 6. The third-order valence-electron chi connectivity index (χ3n) is 2.75. The van der Waals surface area contributed by atoms with Gasteiger partial charge in [0.1, 0.15) is 5.75 Å². The molecule has 23 heavy (non-hydrogen) atoms. The van der Waals surface area contributed by atoms with Crippen LogP contribution in [0.4, 0.5) is 0 Å². The number of carboxylic acids is 1. The van der Waals surface area contributed by atoms with Crippen LogP contribution in [0.1, 0.15) is 15.9 Å². The molecule has 6 nitrogen and oxygen atoms in total. The molecule has 1 amide bonds. The second-order valence-corrected chi connectivity index (χ2v) is 5.34. The van der Waals surface area contributed by atoms with Crippen molar-refractivity contribution in [2.75, 3.05) is 6.61 Å². The van der Waals surface area contributed by atoms with Gasteiger partial charge in [-0.15, -0.1) is 0 Å². The number of nitrogens with zero attached hydrogens (tertiary/aromatic N) is 1. The zero-order chi connectivity index (χ0) is 16.7. The van der Waals surface area contributed by atoms with E-state index in [1.165, 1.54) is 6.21 Å². The molecular formula is C16H13BrN2O4. The Morgan fingerprint density at radius 3 is 2.57 bits per heavy atom. The lowest BCUT2D eigenvalue weighted by atomic mass is 10.2. The average molecular weight is 377 g/mol. The first kappa shape index (κ1) is 16.7. The lowest BCUT2D eigenvalue weighted by Gasteiger charge is -2.06. The number of hydrogen-bond donors (Lipinski definition) is 2. The van der Waals surface area contributed by atoms with E-state index in [2.05, 4.69) is 26.5 Å².